The predicted molar refractivity (Wildman–Crippen MR) is 69.1 cm³/mol. The lowest BCUT2D eigenvalue weighted by Crippen LogP contribution is -2.19. The molecule has 0 aliphatic carbocycles. The van der Waals surface area contributed by atoms with Crippen molar-refractivity contribution in [1.29, 1.82) is 0 Å². The maximum absolute atomic E-state index is 11.6. The van der Waals surface area contributed by atoms with Gasteiger partial charge in [0, 0.05) is 11.8 Å². The first-order chi connectivity index (χ1) is 6.13. The summed E-state index contributed by atoms with van der Waals surface area (Å²) in [6.45, 7) is 12.7. The molecule has 0 heterocycles. The minimum Gasteiger partial charge on any atom is -0.299 e. The molecule has 0 aliphatic rings. The molecule has 0 aromatic heterocycles. The molecule has 0 aliphatic heterocycles. The number of carbonyl (C=O) groups excluding carboxylic acids is 1. The van der Waals surface area contributed by atoms with Crippen LogP contribution in [0.1, 0.15) is 74.7 Å². The molecule has 0 unspecified atom stereocenters. The molecule has 0 N–H and O–H groups in total. The van der Waals surface area contributed by atoms with Gasteiger partial charge in [-0.05, 0) is 18.3 Å². The van der Waals surface area contributed by atoms with Crippen LogP contribution in [-0.4, -0.2) is 5.78 Å². The third-order valence-corrected chi connectivity index (χ3v) is 2.42. The number of hydrogen-bond acceptors (Lipinski definition) is 1. The lowest BCUT2D eigenvalue weighted by Gasteiger charge is -2.19. The van der Waals surface area contributed by atoms with Gasteiger partial charge in [0.1, 0.15) is 5.78 Å². The molecule has 0 radical (unpaired) electrons. The molecule has 15 heavy (non-hydrogen) atoms. The first-order valence-corrected chi connectivity index (χ1v) is 5.66. The largest absolute Gasteiger partial charge is 0.299 e. The molecule has 0 rings (SSSR count). The van der Waals surface area contributed by atoms with E-state index in [-0.39, 0.29) is 12.8 Å². The summed E-state index contributed by atoms with van der Waals surface area (Å²) in [5, 5.41) is 0. The molecule has 0 amide bonds. The average molecular weight is 214 g/mol. The second-order valence-corrected chi connectivity index (χ2v) is 6.44. The van der Waals surface area contributed by atoms with E-state index in [1.807, 2.05) is 20.8 Å². The Morgan fingerprint density at radius 1 is 0.933 bits per heavy atom. The van der Waals surface area contributed by atoms with E-state index >= 15 is 0 Å². The van der Waals surface area contributed by atoms with Gasteiger partial charge in [-0.25, -0.2) is 0 Å². The fourth-order valence-electron chi connectivity index (χ4n) is 1.32. The van der Waals surface area contributed by atoms with Crippen LogP contribution in [0.25, 0.3) is 0 Å². The molecule has 0 fully saturated rings. The molecule has 1 heteroatoms. The Hall–Kier alpha value is -0.330. The highest BCUT2D eigenvalue weighted by Gasteiger charge is 2.20. The van der Waals surface area contributed by atoms with Crippen LogP contribution < -0.4 is 0 Å². The maximum Gasteiger partial charge on any atom is 0.138 e. The molecule has 0 aromatic carbocycles. The van der Waals surface area contributed by atoms with Crippen LogP contribution in [-0.2, 0) is 4.79 Å². The third kappa shape index (κ3) is 9.96. The van der Waals surface area contributed by atoms with Gasteiger partial charge in [0.25, 0.3) is 0 Å². The van der Waals surface area contributed by atoms with Crippen molar-refractivity contribution in [2.75, 3.05) is 0 Å². The van der Waals surface area contributed by atoms with E-state index < -0.39 is 0 Å². The second kappa shape index (κ2) is 6.30. The van der Waals surface area contributed by atoms with Crippen molar-refractivity contribution in [2.24, 2.45) is 10.8 Å². The Kier molecular flexibility index (Phi) is 7.17. The van der Waals surface area contributed by atoms with Crippen molar-refractivity contribution in [3.8, 4) is 0 Å². The molecule has 0 saturated carbocycles. The fraction of sp³-hybridized carbons (Fsp3) is 0.929. The Morgan fingerprint density at radius 2 is 1.40 bits per heavy atom. The van der Waals surface area contributed by atoms with Crippen molar-refractivity contribution in [2.45, 2.75) is 74.7 Å². The summed E-state index contributed by atoms with van der Waals surface area (Å²) in [6.07, 6.45) is 4.18. The van der Waals surface area contributed by atoms with E-state index in [4.69, 9.17) is 0 Å². The number of carbonyl (C=O) groups is 1. The standard InChI is InChI=1S/C13H26O.CH4/c1-12(2,3)10-8-7-9-11(14)13(4,5)6;/h7-10H2,1-6H3;1H4. The van der Waals surface area contributed by atoms with E-state index in [2.05, 4.69) is 20.8 Å². The van der Waals surface area contributed by atoms with Crippen LogP contribution in [0.5, 0.6) is 0 Å². The highest BCUT2D eigenvalue weighted by molar-refractivity contribution is 5.83. The molecule has 0 aromatic rings. The zero-order valence-corrected chi connectivity index (χ0v) is 10.7. The molecule has 0 atom stereocenters. The SMILES string of the molecule is C.CC(C)(C)CCCCC(=O)C(C)(C)C. The zero-order valence-electron chi connectivity index (χ0n) is 10.7. The molecule has 0 saturated heterocycles. The van der Waals surface area contributed by atoms with Gasteiger partial charge in [-0.15, -0.1) is 0 Å². The van der Waals surface area contributed by atoms with Crippen LogP contribution in [0.4, 0.5) is 0 Å². The smallest absolute Gasteiger partial charge is 0.138 e. The lowest BCUT2D eigenvalue weighted by molar-refractivity contribution is -0.126. The quantitative estimate of drug-likeness (QED) is 0.612. The van der Waals surface area contributed by atoms with Crippen LogP contribution in [0.3, 0.4) is 0 Å². The number of unbranched alkanes of at least 4 members (excludes halogenated alkanes) is 1. The molecular formula is C14H30O. The first kappa shape index (κ1) is 17.1. The van der Waals surface area contributed by atoms with E-state index in [0.717, 1.165) is 12.8 Å². The van der Waals surface area contributed by atoms with Gasteiger partial charge in [-0.1, -0.05) is 55.4 Å². The van der Waals surface area contributed by atoms with Crippen LogP contribution >= 0.6 is 0 Å². The Morgan fingerprint density at radius 3 is 1.73 bits per heavy atom. The third-order valence-electron chi connectivity index (χ3n) is 2.42. The van der Waals surface area contributed by atoms with Crippen molar-refractivity contribution in [3.05, 3.63) is 0 Å². The van der Waals surface area contributed by atoms with Crippen LogP contribution in [0.2, 0.25) is 0 Å². The summed E-state index contributed by atoms with van der Waals surface area (Å²) in [4.78, 5) is 11.6. The summed E-state index contributed by atoms with van der Waals surface area (Å²) >= 11 is 0. The predicted octanol–water partition coefficient (Wildman–Crippen LogP) is 4.84. The van der Waals surface area contributed by atoms with Gasteiger partial charge in [-0.2, -0.15) is 0 Å². The second-order valence-electron chi connectivity index (χ2n) is 6.44. The van der Waals surface area contributed by atoms with Crippen molar-refractivity contribution < 1.29 is 4.79 Å². The minimum atomic E-state index is -0.151. The fourth-order valence-corrected chi connectivity index (χ4v) is 1.32. The van der Waals surface area contributed by atoms with Gasteiger partial charge < -0.3 is 0 Å². The van der Waals surface area contributed by atoms with E-state index in [0.29, 0.717) is 11.2 Å². The zero-order chi connectivity index (χ0) is 11.4. The first-order valence-electron chi connectivity index (χ1n) is 5.66. The summed E-state index contributed by atoms with van der Waals surface area (Å²) in [6, 6.07) is 0. The minimum absolute atomic E-state index is 0. The van der Waals surface area contributed by atoms with Gasteiger partial charge in [0.05, 0.1) is 0 Å². The highest BCUT2D eigenvalue weighted by Crippen LogP contribution is 2.24. The molecule has 92 valence electrons. The normalized spacial score (nSPS) is 12.1. The van der Waals surface area contributed by atoms with E-state index in [1.165, 1.54) is 12.8 Å². The van der Waals surface area contributed by atoms with Crippen molar-refractivity contribution >= 4 is 5.78 Å². The van der Waals surface area contributed by atoms with Gasteiger partial charge in [0.15, 0.2) is 0 Å². The number of Topliss-reactive ketones (excluding diaryl/α,β-unsaturated/α-hetero) is 1. The van der Waals surface area contributed by atoms with Crippen LogP contribution in [0.15, 0.2) is 0 Å². The van der Waals surface area contributed by atoms with Crippen LogP contribution in [0, 0.1) is 10.8 Å². The summed E-state index contributed by atoms with van der Waals surface area (Å²) in [7, 11) is 0. The van der Waals surface area contributed by atoms with Crippen molar-refractivity contribution in [3.63, 3.8) is 0 Å². The summed E-state index contributed by atoms with van der Waals surface area (Å²) in [5.74, 6) is 0.395. The Balaban J connectivity index is 0. The van der Waals surface area contributed by atoms with Gasteiger partial charge in [0.2, 0.25) is 0 Å². The Labute approximate surface area is 96.7 Å². The molecule has 0 bridgehead atoms. The molecule has 0 spiro atoms. The number of ketones is 1. The van der Waals surface area contributed by atoms with Gasteiger partial charge >= 0.3 is 0 Å². The molecular weight excluding hydrogens is 184 g/mol. The van der Waals surface area contributed by atoms with E-state index in [1.54, 1.807) is 0 Å². The van der Waals surface area contributed by atoms with E-state index in [9.17, 15) is 4.79 Å². The average Bonchev–Trinajstić information content (AvgIpc) is 1.93. The topological polar surface area (TPSA) is 17.1 Å². The molecule has 1 nitrogen and oxygen atoms in total. The monoisotopic (exact) mass is 214 g/mol. The number of hydrogen-bond donors (Lipinski definition) is 0. The number of rotatable bonds is 4. The van der Waals surface area contributed by atoms with Gasteiger partial charge in [-0.3, -0.25) is 4.79 Å². The highest BCUT2D eigenvalue weighted by atomic mass is 16.1. The van der Waals surface area contributed by atoms with Crippen molar-refractivity contribution in [1.82, 2.24) is 0 Å². The summed E-state index contributed by atoms with van der Waals surface area (Å²) < 4.78 is 0. The summed E-state index contributed by atoms with van der Waals surface area (Å²) in [5.41, 5.74) is 0.256. The lowest BCUT2D eigenvalue weighted by atomic mass is 9.85. The maximum atomic E-state index is 11.6. The Bertz CT molecular complexity index is 178.